The van der Waals surface area contributed by atoms with E-state index in [4.69, 9.17) is 13.7 Å². The van der Waals surface area contributed by atoms with Gasteiger partial charge in [0.1, 0.15) is 0 Å². The molecule has 0 spiro atoms. The second kappa shape index (κ2) is 8.99. The Morgan fingerprint density at radius 3 is 2.52 bits per heavy atom. The predicted octanol–water partition coefficient (Wildman–Crippen LogP) is 4.96. The Morgan fingerprint density at radius 1 is 1.03 bits per heavy atom. The molecule has 0 saturated heterocycles. The molecule has 0 unspecified atom stereocenters. The number of halogens is 3. The molecule has 0 fully saturated rings. The Hall–Kier alpha value is -4.41. The zero-order valence-corrected chi connectivity index (χ0v) is 16.6. The number of aromatic nitrogens is 2. The van der Waals surface area contributed by atoms with Crippen molar-refractivity contribution < 1.29 is 36.4 Å². The minimum Gasteiger partial charge on any atom is -0.459 e. The lowest BCUT2D eigenvalue weighted by Gasteiger charge is -2.06. The number of hydrogen-bond acceptors (Lipinski definition) is 7. The van der Waals surface area contributed by atoms with Crippen molar-refractivity contribution in [3.63, 3.8) is 0 Å². The Morgan fingerprint density at radius 2 is 1.82 bits per heavy atom. The van der Waals surface area contributed by atoms with Crippen LogP contribution in [0.25, 0.3) is 11.4 Å². The molecule has 0 radical (unpaired) electrons. The maximum absolute atomic E-state index is 12.9. The highest BCUT2D eigenvalue weighted by Crippen LogP contribution is 2.31. The number of rotatable bonds is 6. The maximum atomic E-state index is 12.9. The standard InChI is InChI=1S/C22H14F3N3O5/c23-22(24,25)15-4-1-3-14(11-15)19-27-18(33-28-19)12-32-21(30)13-6-8-16(9-7-13)26-20(29)17-5-2-10-31-17/h1-11H,12H2,(H,26,29). The lowest BCUT2D eigenvalue weighted by molar-refractivity contribution is -0.137. The van der Waals surface area contributed by atoms with Crippen molar-refractivity contribution in [1.82, 2.24) is 10.1 Å². The highest BCUT2D eigenvalue weighted by molar-refractivity contribution is 6.02. The molecule has 1 amide bonds. The van der Waals surface area contributed by atoms with E-state index >= 15 is 0 Å². The van der Waals surface area contributed by atoms with Crippen LogP contribution in [0.4, 0.5) is 18.9 Å². The van der Waals surface area contributed by atoms with Crippen LogP contribution in [0.3, 0.4) is 0 Å². The fourth-order valence-corrected chi connectivity index (χ4v) is 2.77. The number of amides is 1. The van der Waals surface area contributed by atoms with E-state index in [1.807, 2.05) is 0 Å². The van der Waals surface area contributed by atoms with Crippen LogP contribution in [0, 0.1) is 0 Å². The summed E-state index contributed by atoms with van der Waals surface area (Å²) in [5, 5.41) is 6.24. The van der Waals surface area contributed by atoms with Crippen molar-refractivity contribution in [2.75, 3.05) is 5.32 Å². The number of carbonyl (C=O) groups excluding carboxylic acids is 2. The second-order valence-corrected chi connectivity index (χ2v) is 6.68. The first-order valence-electron chi connectivity index (χ1n) is 9.42. The monoisotopic (exact) mass is 457 g/mol. The Bertz CT molecular complexity index is 1270. The van der Waals surface area contributed by atoms with E-state index in [-0.39, 0.29) is 35.2 Å². The molecular formula is C22H14F3N3O5. The van der Waals surface area contributed by atoms with Gasteiger partial charge in [0.25, 0.3) is 11.8 Å². The van der Waals surface area contributed by atoms with Gasteiger partial charge >= 0.3 is 12.1 Å². The van der Waals surface area contributed by atoms with Crippen LogP contribution in [-0.4, -0.2) is 22.0 Å². The van der Waals surface area contributed by atoms with Crippen LogP contribution in [0.15, 0.2) is 75.9 Å². The summed E-state index contributed by atoms with van der Waals surface area (Å²) in [6.45, 7) is -0.373. The molecule has 11 heteroatoms. The quantitative estimate of drug-likeness (QED) is 0.408. The van der Waals surface area contributed by atoms with Gasteiger partial charge in [0.2, 0.25) is 5.82 Å². The van der Waals surface area contributed by atoms with Crippen molar-refractivity contribution in [1.29, 1.82) is 0 Å². The van der Waals surface area contributed by atoms with Gasteiger partial charge in [0.15, 0.2) is 12.4 Å². The van der Waals surface area contributed by atoms with Gasteiger partial charge in [-0.1, -0.05) is 17.3 Å². The first kappa shape index (κ1) is 21.8. The van der Waals surface area contributed by atoms with E-state index in [2.05, 4.69) is 15.5 Å². The summed E-state index contributed by atoms with van der Waals surface area (Å²) in [6.07, 6.45) is -3.13. The number of nitrogens with one attached hydrogen (secondary N) is 1. The number of hydrogen-bond donors (Lipinski definition) is 1. The third-order valence-electron chi connectivity index (χ3n) is 4.37. The first-order chi connectivity index (χ1) is 15.8. The van der Waals surface area contributed by atoms with E-state index < -0.39 is 23.6 Å². The second-order valence-electron chi connectivity index (χ2n) is 6.68. The van der Waals surface area contributed by atoms with Gasteiger partial charge in [-0.15, -0.1) is 0 Å². The molecule has 1 N–H and O–H groups in total. The molecule has 0 saturated carbocycles. The molecule has 0 aliphatic heterocycles. The molecule has 168 valence electrons. The lowest BCUT2D eigenvalue weighted by Crippen LogP contribution is -2.11. The summed E-state index contributed by atoms with van der Waals surface area (Å²) >= 11 is 0. The van der Waals surface area contributed by atoms with Gasteiger partial charge in [-0.2, -0.15) is 18.2 Å². The van der Waals surface area contributed by atoms with Crippen LogP contribution in [0.1, 0.15) is 32.4 Å². The lowest BCUT2D eigenvalue weighted by atomic mass is 10.1. The van der Waals surface area contributed by atoms with Crippen LogP contribution in [0.2, 0.25) is 0 Å². The number of esters is 1. The number of alkyl halides is 3. The van der Waals surface area contributed by atoms with Crippen LogP contribution in [-0.2, 0) is 17.5 Å². The molecule has 33 heavy (non-hydrogen) atoms. The largest absolute Gasteiger partial charge is 0.459 e. The summed E-state index contributed by atoms with van der Waals surface area (Å²) in [6, 6.07) is 13.5. The van der Waals surface area contributed by atoms with E-state index in [0.29, 0.717) is 5.69 Å². The minimum atomic E-state index is -4.50. The normalized spacial score (nSPS) is 11.2. The Balaban J connectivity index is 1.35. The number of ether oxygens (including phenoxy) is 1. The zero-order chi connectivity index (χ0) is 23.4. The molecule has 2 aromatic carbocycles. The van der Waals surface area contributed by atoms with Gasteiger partial charge in [0, 0.05) is 11.3 Å². The fraction of sp³-hybridized carbons (Fsp3) is 0.0909. The van der Waals surface area contributed by atoms with Crippen LogP contribution < -0.4 is 5.32 Å². The zero-order valence-electron chi connectivity index (χ0n) is 16.6. The van der Waals surface area contributed by atoms with E-state index in [9.17, 15) is 22.8 Å². The van der Waals surface area contributed by atoms with Crippen molar-refractivity contribution in [2.24, 2.45) is 0 Å². The number of nitrogens with zero attached hydrogens (tertiary/aromatic N) is 2. The third-order valence-corrected chi connectivity index (χ3v) is 4.37. The number of benzene rings is 2. The van der Waals surface area contributed by atoms with Gasteiger partial charge < -0.3 is 19.0 Å². The number of furan rings is 1. The van der Waals surface area contributed by atoms with E-state index in [0.717, 1.165) is 12.1 Å². The molecule has 4 aromatic rings. The van der Waals surface area contributed by atoms with Gasteiger partial charge in [-0.3, -0.25) is 4.79 Å². The van der Waals surface area contributed by atoms with Crippen molar-refractivity contribution in [3.05, 3.63) is 89.7 Å². The Kier molecular flexibility index (Phi) is 5.94. The van der Waals surface area contributed by atoms with Crippen molar-refractivity contribution >= 4 is 17.6 Å². The average Bonchev–Trinajstić information content (AvgIpc) is 3.50. The van der Waals surface area contributed by atoms with Crippen LogP contribution in [0.5, 0.6) is 0 Å². The Labute approximate surface area is 184 Å². The van der Waals surface area contributed by atoms with Gasteiger partial charge in [-0.25, -0.2) is 4.79 Å². The first-order valence-corrected chi connectivity index (χ1v) is 9.42. The summed E-state index contributed by atoms with van der Waals surface area (Å²) in [7, 11) is 0. The number of carbonyl (C=O) groups is 2. The maximum Gasteiger partial charge on any atom is 0.416 e. The van der Waals surface area contributed by atoms with Crippen molar-refractivity contribution in [3.8, 4) is 11.4 Å². The van der Waals surface area contributed by atoms with E-state index in [1.165, 1.54) is 48.7 Å². The summed E-state index contributed by atoms with van der Waals surface area (Å²) in [5.41, 5.74) is -0.0981. The van der Waals surface area contributed by atoms with Gasteiger partial charge in [0.05, 0.1) is 17.4 Å². The topological polar surface area (TPSA) is 107 Å². The smallest absolute Gasteiger partial charge is 0.416 e. The predicted molar refractivity (Wildman–Crippen MR) is 107 cm³/mol. The highest BCUT2D eigenvalue weighted by atomic mass is 19.4. The number of anilines is 1. The fourth-order valence-electron chi connectivity index (χ4n) is 2.77. The summed E-state index contributed by atoms with van der Waals surface area (Å²) in [5.74, 6) is -1.15. The average molecular weight is 457 g/mol. The molecule has 0 aliphatic rings. The molecule has 0 atom stereocenters. The van der Waals surface area contributed by atoms with Crippen LogP contribution >= 0.6 is 0 Å². The highest BCUT2D eigenvalue weighted by Gasteiger charge is 2.30. The van der Waals surface area contributed by atoms with E-state index in [1.54, 1.807) is 6.07 Å². The molecular weight excluding hydrogens is 443 g/mol. The molecule has 2 aromatic heterocycles. The molecule has 2 heterocycles. The SMILES string of the molecule is O=C(OCc1nc(-c2cccc(C(F)(F)F)c2)no1)c1ccc(NC(=O)c2ccco2)cc1. The third kappa shape index (κ3) is 5.26. The summed E-state index contributed by atoms with van der Waals surface area (Å²) in [4.78, 5) is 28.1. The molecule has 0 aliphatic carbocycles. The molecule has 4 rings (SSSR count). The van der Waals surface area contributed by atoms with Gasteiger partial charge in [-0.05, 0) is 48.5 Å². The minimum absolute atomic E-state index is 0.0659. The molecule has 0 bridgehead atoms. The van der Waals surface area contributed by atoms with Crippen molar-refractivity contribution in [2.45, 2.75) is 12.8 Å². The summed E-state index contributed by atoms with van der Waals surface area (Å²) < 4.78 is 53.6. The molecule has 8 nitrogen and oxygen atoms in total.